The summed E-state index contributed by atoms with van der Waals surface area (Å²) in [5.41, 5.74) is 2.83. The largest absolute Gasteiger partial charge is 0.293 e. The zero-order valence-corrected chi connectivity index (χ0v) is 9.34. The molecule has 3 heteroatoms. The average Bonchev–Trinajstić information content (AvgIpc) is 2.83. The molecule has 3 rings (SSSR count). The molecular weight excluding hydrogens is 212 g/mol. The smallest absolute Gasteiger partial charge is 0.173 e. The normalized spacial score (nSPS) is 17.8. The Kier molecular flexibility index (Phi) is 2.44. The third kappa shape index (κ3) is 1.73. The van der Waals surface area contributed by atoms with E-state index in [1.165, 1.54) is 5.56 Å². The molecule has 1 aliphatic rings. The lowest BCUT2D eigenvalue weighted by molar-refractivity contribution is 0.0958. The van der Waals surface area contributed by atoms with Crippen LogP contribution < -0.4 is 0 Å². The number of ketones is 1. The first-order valence-electron chi connectivity index (χ1n) is 5.74. The van der Waals surface area contributed by atoms with Crippen LogP contribution in [0.15, 0.2) is 42.9 Å². The van der Waals surface area contributed by atoms with Crippen molar-refractivity contribution in [2.75, 3.05) is 0 Å². The van der Waals surface area contributed by atoms with Crippen molar-refractivity contribution in [3.63, 3.8) is 0 Å². The van der Waals surface area contributed by atoms with E-state index in [1.54, 1.807) is 24.7 Å². The van der Waals surface area contributed by atoms with Gasteiger partial charge >= 0.3 is 0 Å². The van der Waals surface area contributed by atoms with Gasteiger partial charge in [0.25, 0.3) is 0 Å². The first-order valence-corrected chi connectivity index (χ1v) is 5.74. The molecule has 0 aliphatic heterocycles. The van der Waals surface area contributed by atoms with Crippen LogP contribution in [0.3, 0.4) is 0 Å². The molecular formula is C14H12N2O. The van der Waals surface area contributed by atoms with Crippen LogP contribution in [0.1, 0.15) is 34.0 Å². The summed E-state index contributed by atoms with van der Waals surface area (Å²) >= 11 is 0. The summed E-state index contributed by atoms with van der Waals surface area (Å²) in [5, 5.41) is 0. The number of Topliss-reactive ketones (excluding diaryl/α,β-unsaturated/α-hetero) is 1. The van der Waals surface area contributed by atoms with Crippen molar-refractivity contribution in [1.82, 2.24) is 9.97 Å². The first-order chi connectivity index (χ1) is 8.36. The van der Waals surface area contributed by atoms with Gasteiger partial charge in [0.2, 0.25) is 0 Å². The fourth-order valence-corrected chi connectivity index (χ4v) is 2.38. The number of rotatable bonds is 2. The molecule has 0 saturated heterocycles. The minimum atomic E-state index is -0.0876. The Balaban J connectivity index is 1.95. The van der Waals surface area contributed by atoms with Crippen molar-refractivity contribution < 1.29 is 4.79 Å². The predicted molar refractivity (Wildman–Crippen MR) is 63.9 cm³/mol. The molecule has 0 radical (unpaired) electrons. The van der Waals surface area contributed by atoms with Crippen LogP contribution >= 0.6 is 0 Å². The molecule has 0 bridgehead atoms. The van der Waals surface area contributed by atoms with Gasteiger partial charge in [-0.15, -0.1) is 0 Å². The molecule has 0 spiro atoms. The zero-order valence-electron chi connectivity index (χ0n) is 9.34. The van der Waals surface area contributed by atoms with Gasteiger partial charge in [0, 0.05) is 24.2 Å². The molecule has 0 fully saturated rings. The van der Waals surface area contributed by atoms with Crippen LogP contribution in [0.25, 0.3) is 0 Å². The Morgan fingerprint density at radius 2 is 2.12 bits per heavy atom. The van der Waals surface area contributed by atoms with Crippen molar-refractivity contribution >= 4 is 5.78 Å². The maximum absolute atomic E-state index is 12.3. The maximum Gasteiger partial charge on any atom is 0.173 e. The minimum Gasteiger partial charge on any atom is -0.293 e. The van der Waals surface area contributed by atoms with Gasteiger partial charge in [-0.25, -0.2) is 0 Å². The Labute approximate surface area is 99.5 Å². The van der Waals surface area contributed by atoms with Gasteiger partial charge in [0.1, 0.15) is 0 Å². The van der Waals surface area contributed by atoms with Crippen LogP contribution in [0, 0.1) is 0 Å². The lowest BCUT2D eigenvalue weighted by atomic mass is 9.96. The Bertz CT molecular complexity index is 551. The molecule has 2 aromatic heterocycles. The Hall–Kier alpha value is -2.03. The van der Waals surface area contributed by atoms with E-state index in [4.69, 9.17) is 0 Å². The van der Waals surface area contributed by atoms with Crippen LogP contribution in [0.4, 0.5) is 0 Å². The first kappa shape index (κ1) is 10.1. The van der Waals surface area contributed by atoms with Crippen molar-refractivity contribution in [2.24, 2.45) is 0 Å². The Morgan fingerprint density at radius 3 is 2.94 bits per heavy atom. The van der Waals surface area contributed by atoms with Crippen LogP contribution in [-0.4, -0.2) is 15.8 Å². The lowest BCUT2D eigenvalue weighted by Crippen LogP contribution is -2.11. The molecule has 1 atom stereocenters. The fourth-order valence-electron chi connectivity index (χ4n) is 2.38. The number of fused-ring (bicyclic) bond motifs is 1. The zero-order chi connectivity index (χ0) is 11.7. The summed E-state index contributed by atoms with van der Waals surface area (Å²) in [5.74, 6) is 0.0472. The Morgan fingerprint density at radius 1 is 1.24 bits per heavy atom. The topological polar surface area (TPSA) is 42.9 Å². The summed E-state index contributed by atoms with van der Waals surface area (Å²) in [7, 11) is 0. The van der Waals surface area contributed by atoms with E-state index in [9.17, 15) is 4.79 Å². The number of aryl methyl sites for hydroxylation is 1. The number of carbonyl (C=O) groups excluding carboxylic acids is 1. The average molecular weight is 224 g/mol. The molecule has 84 valence electrons. The predicted octanol–water partition coefficient (Wildman–Crippen LogP) is 2.39. The summed E-state index contributed by atoms with van der Waals surface area (Å²) < 4.78 is 0. The van der Waals surface area contributed by atoms with Crippen molar-refractivity contribution in [1.29, 1.82) is 0 Å². The lowest BCUT2D eigenvalue weighted by Gasteiger charge is -2.08. The van der Waals surface area contributed by atoms with Gasteiger partial charge in [0.15, 0.2) is 5.78 Å². The van der Waals surface area contributed by atoms with Crippen molar-refractivity contribution in [3.8, 4) is 0 Å². The number of carbonyl (C=O) groups is 1. The van der Waals surface area contributed by atoms with E-state index >= 15 is 0 Å². The van der Waals surface area contributed by atoms with E-state index in [0.717, 1.165) is 18.5 Å². The van der Waals surface area contributed by atoms with Gasteiger partial charge in [0.05, 0.1) is 11.6 Å². The number of hydrogen-bond donors (Lipinski definition) is 0. The highest BCUT2D eigenvalue weighted by Gasteiger charge is 2.30. The van der Waals surface area contributed by atoms with Gasteiger partial charge in [-0.2, -0.15) is 0 Å². The van der Waals surface area contributed by atoms with E-state index in [2.05, 4.69) is 16.0 Å². The van der Waals surface area contributed by atoms with Gasteiger partial charge < -0.3 is 0 Å². The number of pyridine rings is 2. The maximum atomic E-state index is 12.3. The van der Waals surface area contributed by atoms with E-state index in [0.29, 0.717) is 5.56 Å². The number of hydrogen-bond acceptors (Lipinski definition) is 3. The molecule has 0 saturated carbocycles. The number of nitrogens with zero attached hydrogens (tertiary/aromatic N) is 2. The summed E-state index contributed by atoms with van der Waals surface area (Å²) in [6.07, 6.45) is 6.87. The highest BCUT2D eigenvalue weighted by atomic mass is 16.1. The fraction of sp³-hybridized carbons (Fsp3) is 0.214. The molecule has 1 aliphatic carbocycles. The summed E-state index contributed by atoms with van der Waals surface area (Å²) in [6.45, 7) is 0. The minimum absolute atomic E-state index is 0.0876. The summed E-state index contributed by atoms with van der Waals surface area (Å²) in [6, 6.07) is 7.59. The van der Waals surface area contributed by atoms with E-state index in [-0.39, 0.29) is 11.7 Å². The molecule has 0 aromatic carbocycles. The monoisotopic (exact) mass is 224 g/mol. The second kappa shape index (κ2) is 4.09. The molecule has 2 aromatic rings. The molecule has 3 nitrogen and oxygen atoms in total. The van der Waals surface area contributed by atoms with Crippen molar-refractivity contribution in [3.05, 3.63) is 59.7 Å². The van der Waals surface area contributed by atoms with Gasteiger partial charge in [-0.3, -0.25) is 14.8 Å². The number of aromatic nitrogens is 2. The third-order valence-electron chi connectivity index (χ3n) is 3.22. The van der Waals surface area contributed by atoms with Crippen LogP contribution in [-0.2, 0) is 6.42 Å². The highest BCUT2D eigenvalue weighted by Crippen LogP contribution is 2.33. The molecule has 17 heavy (non-hydrogen) atoms. The van der Waals surface area contributed by atoms with E-state index < -0.39 is 0 Å². The molecule has 0 amide bonds. The molecule has 1 unspecified atom stereocenters. The SMILES string of the molecule is O=C(c1cccnc1)C1CCc2cccnc21. The standard InChI is InChI=1S/C14H12N2O/c17-14(11-4-1-7-15-9-11)12-6-5-10-3-2-8-16-13(10)12/h1-4,7-9,12H,5-6H2. The van der Waals surface area contributed by atoms with E-state index in [1.807, 2.05) is 12.1 Å². The van der Waals surface area contributed by atoms with Gasteiger partial charge in [-0.05, 0) is 36.6 Å². The molecule has 0 N–H and O–H groups in total. The molecule has 2 heterocycles. The van der Waals surface area contributed by atoms with Gasteiger partial charge in [-0.1, -0.05) is 6.07 Å². The summed E-state index contributed by atoms with van der Waals surface area (Å²) in [4.78, 5) is 20.7. The second-order valence-corrected chi connectivity index (χ2v) is 4.24. The van der Waals surface area contributed by atoms with Crippen molar-refractivity contribution in [2.45, 2.75) is 18.8 Å². The quantitative estimate of drug-likeness (QED) is 0.735. The van der Waals surface area contributed by atoms with Crippen LogP contribution in [0.5, 0.6) is 0 Å². The van der Waals surface area contributed by atoms with Crippen LogP contribution in [0.2, 0.25) is 0 Å². The second-order valence-electron chi connectivity index (χ2n) is 4.24. The third-order valence-corrected chi connectivity index (χ3v) is 3.22. The highest BCUT2D eigenvalue weighted by molar-refractivity contribution is 6.01.